The summed E-state index contributed by atoms with van der Waals surface area (Å²) in [4.78, 5) is 38.0. The molecule has 7 nitrogen and oxygen atoms in total. The van der Waals surface area contributed by atoms with Gasteiger partial charge in [-0.05, 0) is 41.5 Å². The third-order valence-corrected chi connectivity index (χ3v) is 7.16. The lowest BCUT2D eigenvalue weighted by Gasteiger charge is -2.38. The maximum Gasteiger partial charge on any atom is 0.407 e. The number of benzene rings is 2. The monoisotopic (exact) mass is 450 g/mol. The molecule has 4 rings (SSSR count). The number of aliphatic carboxylic acids is 1. The maximum atomic E-state index is 12.5. The first-order valence-corrected chi connectivity index (χ1v) is 11.6. The summed E-state index contributed by atoms with van der Waals surface area (Å²) >= 11 is 0. The van der Waals surface area contributed by atoms with E-state index in [9.17, 15) is 19.5 Å². The highest BCUT2D eigenvalue weighted by Crippen LogP contribution is 2.44. The number of rotatable bonds is 7. The lowest BCUT2D eigenvalue weighted by molar-refractivity contribution is -0.154. The van der Waals surface area contributed by atoms with E-state index in [0.29, 0.717) is 32.4 Å². The van der Waals surface area contributed by atoms with Crippen LogP contribution >= 0.6 is 0 Å². The van der Waals surface area contributed by atoms with E-state index in [0.717, 1.165) is 11.1 Å². The summed E-state index contributed by atoms with van der Waals surface area (Å²) in [5.41, 5.74) is 3.91. The second-order valence-corrected chi connectivity index (χ2v) is 8.82. The number of carboxylic acid groups (broad SMARTS) is 1. The van der Waals surface area contributed by atoms with Crippen LogP contribution in [0.15, 0.2) is 48.5 Å². The van der Waals surface area contributed by atoms with E-state index in [-0.39, 0.29) is 31.4 Å². The molecule has 0 spiro atoms. The van der Waals surface area contributed by atoms with Gasteiger partial charge in [0.15, 0.2) is 0 Å². The molecule has 1 heterocycles. The minimum Gasteiger partial charge on any atom is -0.481 e. The molecule has 1 aliphatic heterocycles. The highest BCUT2D eigenvalue weighted by atomic mass is 16.5. The zero-order valence-corrected chi connectivity index (χ0v) is 18.9. The van der Waals surface area contributed by atoms with Crippen LogP contribution in [0.25, 0.3) is 11.1 Å². The Morgan fingerprint density at radius 3 is 2.15 bits per heavy atom. The highest BCUT2D eigenvalue weighted by molar-refractivity contribution is 5.80. The van der Waals surface area contributed by atoms with Gasteiger partial charge in [0.1, 0.15) is 6.61 Å². The number of likely N-dealkylation sites (tertiary alicyclic amines) is 1. The van der Waals surface area contributed by atoms with Crippen molar-refractivity contribution in [3.63, 3.8) is 0 Å². The van der Waals surface area contributed by atoms with Gasteiger partial charge in [-0.15, -0.1) is 0 Å². The first kappa shape index (κ1) is 22.8. The predicted octanol–water partition coefficient (Wildman–Crippen LogP) is 4.02. The second kappa shape index (κ2) is 9.65. The molecule has 2 amide bonds. The summed E-state index contributed by atoms with van der Waals surface area (Å²) in [6, 6.07) is 16.3. The average molecular weight is 451 g/mol. The van der Waals surface area contributed by atoms with Gasteiger partial charge in [-0.3, -0.25) is 9.59 Å². The fourth-order valence-corrected chi connectivity index (χ4v) is 4.98. The summed E-state index contributed by atoms with van der Waals surface area (Å²) < 4.78 is 5.49. The summed E-state index contributed by atoms with van der Waals surface area (Å²) in [5.74, 6) is -0.871. The van der Waals surface area contributed by atoms with Crippen molar-refractivity contribution in [2.45, 2.75) is 38.5 Å². The molecule has 2 N–H and O–H groups in total. The molecule has 1 aliphatic carbocycles. The zero-order chi connectivity index (χ0) is 23.4. The Hall–Kier alpha value is -3.35. The van der Waals surface area contributed by atoms with Crippen molar-refractivity contribution in [3.8, 4) is 11.1 Å². The molecular formula is C26H30N2O5. The van der Waals surface area contributed by atoms with E-state index in [1.54, 1.807) is 4.90 Å². The van der Waals surface area contributed by atoms with Gasteiger partial charge in [-0.1, -0.05) is 55.5 Å². The number of piperidine rings is 1. The number of carbonyl (C=O) groups excluding carboxylic acids is 2. The fourth-order valence-electron chi connectivity index (χ4n) is 4.98. The molecule has 0 unspecified atom stereocenters. The van der Waals surface area contributed by atoms with Crippen molar-refractivity contribution in [2.75, 3.05) is 26.2 Å². The molecule has 174 valence electrons. The van der Waals surface area contributed by atoms with Crippen molar-refractivity contribution in [3.05, 3.63) is 59.7 Å². The Labute approximate surface area is 193 Å². The van der Waals surface area contributed by atoms with Crippen molar-refractivity contribution >= 4 is 18.0 Å². The first-order chi connectivity index (χ1) is 15.9. The van der Waals surface area contributed by atoms with E-state index >= 15 is 0 Å². The van der Waals surface area contributed by atoms with Gasteiger partial charge in [-0.2, -0.15) is 0 Å². The molecule has 1 fully saturated rings. The number of alkyl carbamates (subject to hydrolysis) is 1. The van der Waals surface area contributed by atoms with Gasteiger partial charge in [-0.25, -0.2) is 4.79 Å². The van der Waals surface area contributed by atoms with Crippen molar-refractivity contribution < 1.29 is 24.2 Å². The van der Waals surface area contributed by atoms with E-state index in [1.165, 1.54) is 11.1 Å². The molecule has 0 bridgehead atoms. The number of nitrogens with zero attached hydrogens (tertiary/aromatic N) is 1. The van der Waals surface area contributed by atoms with E-state index in [4.69, 9.17) is 4.74 Å². The third-order valence-electron chi connectivity index (χ3n) is 7.16. The molecule has 0 radical (unpaired) electrons. The Balaban J connectivity index is 1.23. The predicted molar refractivity (Wildman–Crippen MR) is 124 cm³/mol. The van der Waals surface area contributed by atoms with Crippen molar-refractivity contribution in [1.29, 1.82) is 0 Å². The number of carboxylic acids is 1. The van der Waals surface area contributed by atoms with E-state index in [1.807, 2.05) is 31.2 Å². The van der Waals surface area contributed by atoms with Crippen molar-refractivity contribution in [1.82, 2.24) is 10.2 Å². The van der Waals surface area contributed by atoms with Crippen LogP contribution in [0.3, 0.4) is 0 Å². The second-order valence-electron chi connectivity index (χ2n) is 8.82. The van der Waals surface area contributed by atoms with E-state index in [2.05, 4.69) is 29.6 Å². The van der Waals surface area contributed by atoms with Crippen LogP contribution in [0.5, 0.6) is 0 Å². The van der Waals surface area contributed by atoms with Gasteiger partial charge in [0.05, 0.1) is 5.41 Å². The van der Waals surface area contributed by atoms with Crippen LogP contribution in [0.2, 0.25) is 0 Å². The summed E-state index contributed by atoms with van der Waals surface area (Å²) in [7, 11) is 0. The molecule has 0 aromatic heterocycles. The summed E-state index contributed by atoms with van der Waals surface area (Å²) in [5, 5.41) is 12.2. The first-order valence-electron chi connectivity index (χ1n) is 11.6. The van der Waals surface area contributed by atoms with Gasteiger partial charge >= 0.3 is 12.1 Å². The Kier molecular flexibility index (Phi) is 6.67. The largest absolute Gasteiger partial charge is 0.481 e. The number of fused-ring (bicyclic) bond motifs is 3. The van der Waals surface area contributed by atoms with Crippen LogP contribution in [-0.4, -0.2) is 54.2 Å². The van der Waals surface area contributed by atoms with Crippen LogP contribution < -0.4 is 5.32 Å². The molecule has 2 aliphatic rings. The molecule has 1 saturated heterocycles. The minimum atomic E-state index is -0.783. The summed E-state index contributed by atoms with van der Waals surface area (Å²) in [6.07, 6.45) is 1.11. The van der Waals surface area contributed by atoms with Crippen molar-refractivity contribution in [2.24, 2.45) is 5.41 Å². The number of nitrogens with one attached hydrogen (secondary N) is 1. The smallest absolute Gasteiger partial charge is 0.407 e. The standard InChI is InChI=1S/C26H30N2O5/c1-2-26(24(30)31)12-15-28(16-13-26)23(29)11-14-27-25(32)33-17-22-20-9-5-3-7-18(20)19-8-4-6-10-21(19)22/h3-10,22H,2,11-17H2,1H3,(H,27,32)(H,30,31). The number of amides is 2. The molecule has 33 heavy (non-hydrogen) atoms. The minimum absolute atomic E-state index is 0.00815. The van der Waals surface area contributed by atoms with Gasteiger partial charge in [0.2, 0.25) is 5.91 Å². The number of carbonyl (C=O) groups is 3. The maximum absolute atomic E-state index is 12.5. The lowest BCUT2D eigenvalue weighted by atomic mass is 9.76. The molecule has 0 saturated carbocycles. The Bertz CT molecular complexity index is 997. The highest BCUT2D eigenvalue weighted by Gasteiger charge is 2.40. The van der Waals surface area contributed by atoms with Gasteiger partial charge < -0.3 is 20.1 Å². The quantitative estimate of drug-likeness (QED) is 0.664. The average Bonchev–Trinajstić information content (AvgIpc) is 3.16. The normalized spacial score (nSPS) is 16.6. The van der Waals surface area contributed by atoms with E-state index < -0.39 is 17.5 Å². The fraction of sp³-hybridized carbons (Fsp3) is 0.423. The summed E-state index contributed by atoms with van der Waals surface area (Å²) in [6.45, 7) is 3.16. The molecule has 7 heteroatoms. The Morgan fingerprint density at radius 1 is 1.03 bits per heavy atom. The van der Waals surface area contributed by atoms with Crippen LogP contribution in [-0.2, 0) is 14.3 Å². The van der Waals surface area contributed by atoms with Crippen LogP contribution in [0.4, 0.5) is 4.79 Å². The van der Waals surface area contributed by atoms with Crippen LogP contribution in [0, 0.1) is 5.41 Å². The lowest BCUT2D eigenvalue weighted by Crippen LogP contribution is -2.46. The number of hydrogen-bond acceptors (Lipinski definition) is 4. The zero-order valence-electron chi connectivity index (χ0n) is 18.9. The van der Waals surface area contributed by atoms with Gasteiger partial charge in [0.25, 0.3) is 0 Å². The Morgan fingerprint density at radius 2 is 1.61 bits per heavy atom. The third kappa shape index (κ3) is 4.58. The molecule has 0 atom stereocenters. The molecular weight excluding hydrogens is 420 g/mol. The van der Waals surface area contributed by atoms with Crippen LogP contribution in [0.1, 0.15) is 49.7 Å². The number of ether oxygens (including phenoxy) is 1. The topological polar surface area (TPSA) is 95.9 Å². The molecule has 2 aromatic carbocycles. The number of hydrogen-bond donors (Lipinski definition) is 2. The SMILES string of the molecule is CCC1(C(=O)O)CCN(C(=O)CCNC(=O)OCC2c3ccccc3-c3ccccc32)CC1. The van der Waals surface area contributed by atoms with Gasteiger partial charge in [0, 0.05) is 32.0 Å². The molecule has 2 aromatic rings.